The first kappa shape index (κ1) is 24.0. The standard InChI is InChI=1S/C27H22FN3O3S/c28-20-8-10-21(11-9-20)30-26(33)17-35-27-24(15-29)23(14-25(32)31-27)19-6-12-22(13-7-19)34-16-18-4-2-1-3-5-18/h1-13,23H,14,16-17H2,(H,30,33)(H,31,32)/t23-/m0/s1. The van der Waals surface area contributed by atoms with E-state index in [-0.39, 0.29) is 24.0 Å². The van der Waals surface area contributed by atoms with Crippen molar-refractivity contribution in [1.82, 2.24) is 5.32 Å². The van der Waals surface area contributed by atoms with Gasteiger partial charge in [-0.3, -0.25) is 9.59 Å². The summed E-state index contributed by atoms with van der Waals surface area (Å²) in [4.78, 5) is 24.7. The van der Waals surface area contributed by atoms with Gasteiger partial charge in [-0.25, -0.2) is 4.39 Å². The van der Waals surface area contributed by atoms with E-state index in [2.05, 4.69) is 16.7 Å². The zero-order valence-corrected chi connectivity index (χ0v) is 19.5. The fourth-order valence-corrected chi connectivity index (χ4v) is 4.50. The molecule has 8 heteroatoms. The Morgan fingerprint density at radius 2 is 1.80 bits per heavy atom. The second kappa shape index (κ2) is 11.4. The van der Waals surface area contributed by atoms with Crippen LogP contribution in [0.1, 0.15) is 23.5 Å². The molecule has 1 heterocycles. The quantitative estimate of drug-likeness (QED) is 0.461. The summed E-state index contributed by atoms with van der Waals surface area (Å²) >= 11 is 1.09. The molecule has 6 nitrogen and oxygen atoms in total. The van der Waals surface area contributed by atoms with E-state index < -0.39 is 11.7 Å². The minimum atomic E-state index is -0.417. The molecule has 2 amide bonds. The number of carbonyl (C=O) groups is 2. The third kappa shape index (κ3) is 6.49. The first-order valence-electron chi connectivity index (χ1n) is 10.9. The molecule has 1 aliphatic heterocycles. The Morgan fingerprint density at radius 3 is 2.49 bits per heavy atom. The number of amides is 2. The molecule has 4 rings (SSSR count). The maximum atomic E-state index is 13.0. The van der Waals surface area contributed by atoms with Crippen molar-refractivity contribution in [3.8, 4) is 11.8 Å². The number of benzene rings is 3. The van der Waals surface area contributed by atoms with Crippen molar-refractivity contribution in [1.29, 1.82) is 5.26 Å². The van der Waals surface area contributed by atoms with E-state index in [1.54, 1.807) is 0 Å². The van der Waals surface area contributed by atoms with Crippen molar-refractivity contribution in [2.24, 2.45) is 0 Å². The minimum absolute atomic E-state index is 0.0167. The Kier molecular flexibility index (Phi) is 7.81. The lowest BCUT2D eigenvalue weighted by Crippen LogP contribution is -2.31. The maximum Gasteiger partial charge on any atom is 0.234 e. The van der Waals surface area contributed by atoms with E-state index >= 15 is 0 Å². The van der Waals surface area contributed by atoms with Crippen molar-refractivity contribution in [2.75, 3.05) is 11.1 Å². The highest BCUT2D eigenvalue weighted by atomic mass is 32.2. The number of hydrogen-bond acceptors (Lipinski definition) is 5. The molecule has 0 aromatic heterocycles. The van der Waals surface area contributed by atoms with Gasteiger partial charge in [-0.05, 0) is 47.5 Å². The number of carbonyl (C=O) groups excluding carboxylic acids is 2. The van der Waals surface area contributed by atoms with Gasteiger partial charge in [-0.1, -0.05) is 54.2 Å². The molecule has 35 heavy (non-hydrogen) atoms. The van der Waals surface area contributed by atoms with Crippen LogP contribution in [0.4, 0.5) is 10.1 Å². The zero-order chi connectivity index (χ0) is 24.6. The SMILES string of the molecule is N#CC1=C(SCC(=O)Nc2ccc(F)cc2)NC(=O)C[C@H]1c1ccc(OCc2ccccc2)cc1. The number of nitriles is 1. The van der Waals surface area contributed by atoms with Crippen molar-refractivity contribution in [3.05, 3.63) is 106 Å². The van der Waals surface area contributed by atoms with Crippen LogP contribution in [0.3, 0.4) is 0 Å². The fraction of sp³-hybridized carbons (Fsp3) is 0.148. The maximum absolute atomic E-state index is 13.0. The molecule has 1 atom stereocenters. The molecule has 2 N–H and O–H groups in total. The summed E-state index contributed by atoms with van der Waals surface area (Å²) in [5.74, 6) is -0.695. The number of rotatable bonds is 8. The fourth-order valence-electron chi connectivity index (χ4n) is 3.62. The summed E-state index contributed by atoms with van der Waals surface area (Å²) in [7, 11) is 0. The van der Waals surface area contributed by atoms with Crippen LogP contribution in [0.5, 0.6) is 5.75 Å². The Bertz CT molecular complexity index is 1270. The summed E-state index contributed by atoms with van der Waals surface area (Å²) in [6.07, 6.45) is 0.138. The van der Waals surface area contributed by atoms with Crippen molar-refractivity contribution in [3.63, 3.8) is 0 Å². The largest absolute Gasteiger partial charge is 0.489 e. The van der Waals surface area contributed by atoms with Gasteiger partial charge in [0.15, 0.2) is 0 Å². The lowest BCUT2D eigenvalue weighted by atomic mass is 9.87. The van der Waals surface area contributed by atoms with E-state index in [0.717, 1.165) is 22.9 Å². The van der Waals surface area contributed by atoms with Gasteiger partial charge < -0.3 is 15.4 Å². The smallest absolute Gasteiger partial charge is 0.234 e. The highest BCUT2D eigenvalue weighted by molar-refractivity contribution is 8.03. The predicted octanol–water partition coefficient (Wildman–Crippen LogP) is 5.12. The number of allylic oxidation sites excluding steroid dienone is 1. The predicted molar refractivity (Wildman–Crippen MR) is 133 cm³/mol. The molecule has 176 valence electrons. The van der Waals surface area contributed by atoms with Crippen LogP contribution in [0.25, 0.3) is 0 Å². The monoisotopic (exact) mass is 487 g/mol. The molecular weight excluding hydrogens is 465 g/mol. The van der Waals surface area contributed by atoms with Crippen LogP contribution in [0.2, 0.25) is 0 Å². The van der Waals surface area contributed by atoms with Gasteiger partial charge in [-0.15, -0.1) is 0 Å². The number of ether oxygens (including phenoxy) is 1. The lowest BCUT2D eigenvalue weighted by molar-refractivity contribution is -0.121. The third-order valence-electron chi connectivity index (χ3n) is 5.36. The first-order chi connectivity index (χ1) is 17.0. The second-order valence-corrected chi connectivity index (χ2v) is 8.83. The van der Waals surface area contributed by atoms with Crippen LogP contribution in [0.15, 0.2) is 89.5 Å². The molecule has 3 aromatic carbocycles. The average Bonchev–Trinajstić information content (AvgIpc) is 2.88. The third-order valence-corrected chi connectivity index (χ3v) is 6.38. The summed E-state index contributed by atoms with van der Waals surface area (Å²) < 4.78 is 18.9. The van der Waals surface area contributed by atoms with Gasteiger partial charge >= 0.3 is 0 Å². The Balaban J connectivity index is 1.42. The Labute approximate surface area is 206 Å². The molecule has 0 spiro atoms. The van der Waals surface area contributed by atoms with Crippen LogP contribution < -0.4 is 15.4 Å². The Morgan fingerprint density at radius 1 is 1.09 bits per heavy atom. The van der Waals surface area contributed by atoms with E-state index in [1.165, 1.54) is 24.3 Å². The van der Waals surface area contributed by atoms with E-state index in [4.69, 9.17) is 4.74 Å². The van der Waals surface area contributed by atoms with Crippen LogP contribution >= 0.6 is 11.8 Å². The topological polar surface area (TPSA) is 91.2 Å². The molecule has 1 aliphatic rings. The minimum Gasteiger partial charge on any atom is -0.489 e. The number of nitrogens with zero attached hydrogens (tertiary/aromatic N) is 1. The molecule has 0 saturated carbocycles. The summed E-state index contributed by atoms with van der Waals surface area (Å²) in [6, 6.07) is 24.8. The average molecular weight is 488 g/mol. The number of halogens is 1. The summed E-state index contributed by atoms with van der Waals surface area (Å²) in [5, 5.41) is 15.6. The van der Waals surface area contributed by atoms with Crippen molar-refractivity contribution in [2.45, 2.75) is 18.9 Å². The highest BCUT2D eigenvalue weighted by Crippen LogP contribution is 2.36. The summed E-state index contributed by atoms with van der Waals surface area (Å²) in [5.41, 5.74) is 2.74. The number of thioether (sulfide) groups is 1. The Hall–Kier alpha value is -4.09. The van der Waals surface area contributed by atoms with Gasteiger partial charge in [0.2, 0.25) is 11.8 Å². The number of nitrogens with one attached hydrogen (secondary N) is 2. The van der Waals surface area contributed by atoms with Gasteiger partial charge in [0.05, 0.1) is 22.4 Å². The molecule has 0 unspecified atom stereocenters. The molecule has 3 aromatic rings. The van der Waals surface area contributed by atoms with Gasteiger partial charge in [-0.2, -0.15) is 5.26 Å². The van der Waals surface area contributed by atoms with Crippen LogP contribution in [-0.4, -0.2) is 17.6 Å². The van der Waals surface area contributed by atoms with Gasteiger partial charge in [0, 0.05) is 18.0 Å². The summed E-state index contributed by atoms with van der Waals surface area (Å²) in [6.45, 7) is 0.441. The lowest BCUT2D eigenvalue weighted by Gasteiger charge is -2.25. The van der Waals surface area contributed by atoms with Crippen molar-refractivity contribution >= 4 is 29.3 Å². The van der Waals surface area contributed by atoms with Gasteiger partial charge in [0.25, 0.3) is 0 Å². The molecule has 0 bridgehead atoms. The van der Waals surface area contributed by atoms with Crippen LogP contribution in [-0.2, 0) is 16.2 Å². The van der Waals surface area contributed by atoms with Gasteiger partial charge in [0.1, 0.15) is 18.2 Å². The highest BCUT2D eigenvalue weighted by Gasteiger charge is 2.30. The number of anilines is 1. The zero-order valence-electron chi connectivity index (χ0n) is 18.7. The van der Waals surface area contributed by atoms with Crippen molar-refractivity contribution < 1.29 is 18.7 Å². The molecule has 0 saturated heterocycles. The number of hydrogen-bond donors (Lipinski definition) is 2. The van der Waals surface area contributed by atoms with Crippen LogP contribution in [0, 0.1) is 17.1 Å². The molecular formula is C27H22FN3O3S. The normalized spacial score (nSPS) is 15.2. The van der Waals surface area contributed by atoms with E-state index in [1.807, 2.05) is 54.6 Å². The molecule has 0 aliphatic carbocycles. The molecule has 0 fully saturated rings. The van der Waals surface area contributed by atoms with E-state index in [0.29, 0.717) is 28.6 Å². The van der Waals surface area contributed by atoms with E-state index in [9.17, 15) is 19.2 Å². The second-order valence-electron chi connectivity index (χ2n) is 7.85. The molecule has 0 radical (unpaired) electrons. The first-order valence-corrected chi connectivity index (χ1v) is 11.9.